The highest BCUT2D eigenvalue weighted by Gasteiger charge is 2.17. The van der Waals surface area contributed by atoms with Crippen LogP contribution in [0.4, 0.5) is 5.82 Å². The fourth-order valence-electron chi connectivity index (χ4n) is 1.90. The van der Waals surface area contributed by atoms with Gasteiger partial charge < -0.3 is 10.3 Å². The summed E-state index contributed by atoms with van der Waals surface area (Å²) in [4.78, 5) is 9.18. The van der Waals surface area contributed by atoms with Crippen LogP contribution in [0.25, 0.3) is 0 Å². The maximum Gasteiger partial charge on any atom is 0.225 e. The average molecular weight is 344 g/mol. The van der Waals surface area contributed by atoms with Gasteiger partial charge in [-0.3, -0.25) is 4.18 Å². The standard InChI is InChI=1S/C12H16N4O4S2/c1-8-11(3-4-20-22(17,18)19)21-7-16(8)6-10-5-14-9(2)15-12(10)13/h5,7H,3-4,6H2,1-2H3,(H2-,13,14,15,17,18,19). The maximum absolute atomic E-state index is 10.4. The second-order valence-corrected chi connectivity index (χ2v) is 6.66. The van der Waals surface area contributed by atoms with E-state index in [0.29, 0.717) is 24.6 Å². The molecule has 0 atom stereocenters. The summed E-state index contributed by atoms with van der Waals surface area (Å²) >= 11 is 1.46. The first-order valence-electron chi connectivity index (χ1n) is 6.41. The van der Waals surface area contributed by atoms with E-state index in [9.17, 15) is 13.0 Å². The molecule has 8 nitrogen and oxygen atoms in total. The molecule has 0 aliphatic rings. The molecule has 0 amide bonds. The topological polar surface area (TPSA) is 122 Å². The van der Waals surface area contributed by atoms with Crippen molar-refractivity contribution in [3.05, 3.63) is 33.7 Å². The lowest BCUT2D eigenvalue weighted by Crippen LogP contribution is -2.35. The number of hydrogen-bond acceptors (Lipinski definition) is 8. The van der Waals surface area contributed by atoms with Gasteiger partial charge in [-0.15, -0.1) is 0 Å². The number of nitrogens with zero attached hydrogens (tertiary/aromatic N) is 3. The molecule has 0 fully saturated rings. The summed E-state index contributed by atoms with van der Waals surface area (Å²) in [5, 5.41) is 0. The summed E-state index contributed by atoms with van der Waals surface area (Å²) in [6.45, 7) is 4.03. The monoisotopic (exact) mass is 344 g/mol. The minimum atomic E-state index is -4.64. The van der Waals surface area contributed by atoms with Gasteiger partial charge >= 0.3 is 0 Å². The Morgan fingerprint density at radius 3 is 2.82 bits per heavy atom. The molecule has 2 N–H and O–H groups in total. The van der Waals surface area contributed by atoms with Crippen molar-refractivity contribution in [2.45, 2.75) is 26.8 Å². The molecule has 0 saturated heterocycles. The summed E-state index contributed by atoms with van der Waals surface area (Å²) in [5.74, 6) is 1.05. The molecule has 0 aromatic carbocycles. The normalized spacial score (nSPS) is 11.8. The van der Waals surface area contributed by atoms with Crippen LogP contribution < -0.4 is 10.3 Å². The van der Waals surface area contributed by atoms with E-state index in [0.717, 1.165) is 16.1 Å². The van der Waals surface area contributed by atoms with Crippen LogP contribution in [0, 0.1) is 13.8 Å². The molecule has 0 saturated carbocycles. The molecular weight excluding hydrogens is 328 g/mol. The molecule has 0 spiro atoms. The Morgan fingerprint density at radius 1 is 1.45 bits per heavy atom. The number of nitrogens with two attached hydrogens (primary N) is 1. The van der Waals surface area contributed by atoms with Crippen molar-refractivity contribution in [3.8, 4) is 0 Å². The third-order valence-electron chi connectivity index (χ3n) is 3.07. The predicted molar refractivity (Wildman–Crippen MR) is 78.9 cm³/mol. The second kappa shape index (κ2) is 6.65. The van der Waals surface area contributed by atoms with E-state index < -0.39 is 10.4 Å². The third-order valence-corrected chi connectivity index (χ3v) is 4.67. The van der Waals surface area contributed by atoms with Gasteiger partial charge in [-0.25, -0.2) is 18.4 Å². The summed E-state index contributed by atoms with van der Waals surface area (Å²) in [7, 11) is -4.64. The first-order valence-corrected chi connectivity index (χ1v) is 8.62. The van der Waals surface area contributed by atoms with Crippen LogP contribution in [-0.2, 0) is 27.5 Å². The Kier molecular flexibility index (Phi) is 5.06. The first kappa shape index (κ1) is 16.7. The van der Waals surface area contributed by atoms with Gasteiger partial charge in [0, 0.05) is 19.5 Å². The van der Waals surface area contributed by atoms with Crippen molar-refractivity contribution in [2.75, 3.05) is 12.3 Å². The van der Waals surface area contributed by atoms with E-state index in [1.54, 1.807) is 13.1 Å². The Balaban J connectivity index is 2.07. The molecule has 10 heteroatoms. The largest absolute Gasteiger partial charge is 0.726 e. The van der Waals surface area contributed by atoms with Gasteiger partial charge in [-0.05, 0) is 6.92 Å². The number of hydrogen-bond donors (Lipinski definition) is 1. The van der Waals surface area contributed by atoms with Crippen LogP contribution in [0.1, 0.15) is 22.0 Å². The van der Waals surface area contributed by atoms with Crippen LogP contribution in [0.15, 0.2) is 11.7 Å². The summed E-state index contributed by atoms with van der Waals surface area (Å²) in [5.41, 5.74) is 9.53. The number of nitrogen functional groups attached to an aromatic ring is 1. The molecule has 2 heterocycles. The Labute approximate surface area is 132 Å². The van der Waals surface area contributed by atoms with Crippen LogP contribution >= 0.6 is 11.3 Å². The molecule has 120 valence electrons. The molecule has 2 aromatic rings. The minimum Gasteiger partial charge on any atom is -0.726 e. The number of rotatable bonds is 6. The van der Waals surface area contributed by atoms with Gasteiger partial charge in [0.25, 0.3) is 0 Å². The fraction of sp³-hybridized carbons (Fsp3) is 0.417. The molecule has 2 aromatic heterocycles. The van der Waals surface area contributed by atoms with E-state index in [1.807, 2.05) is 17.0 Å². The third kappa shape index (κ3) is 4.44. The van der Waals surface area contributed by atoms with Crippen molar-refractivity contribution in [3.63, 3.8) is 0 Å². The molecule has 22 heavy (non-hydrogen) atoms. The first-order chi connectivity index (χ1) is 10.3. The van der Waals surface area contributed by atoms with Crippen LogP contribution in [0.3, 0.4) is 0 Å². The Bertz CT molecular complexity index is 773. The highest BCUT2D eigenvalue weighted by Crippen LogP contribution is 2.14. The molecule has 0 unspecified atom stereocenters. The van der Waals surface area contributed by atoms with Crippen LogP contribution in [0.2, 0.25) is 0 Å². The highest BCUT2D eigenvalue weighted by atomic mass is 32.3. The summed E-state index contributed by atoms with van der Waals surface area (Å²) in [6.07, 6.45) is 2.04. The fourth-order valence-corrected chi connectivity index (χ4v) is 3.17. The van der Waals surface area contributed by atoms with Gasteiger partial charge in [0.2, 0.25) is 15.9 Å². The van der Waals surface area contributed by atoms with Crippen molar-refractivity contribution in [2.24, 2.45) is 0 Å². The van der Waals surface area contributed by atoms with E-state index in [2.05, 4.69) is 14.2 Å². The highest BCUT2D eigenvalue weighted by molar-refractivity contribution is 7.80. The Hall–Kier alpha value is -1.62. The van der Waals surface area contributed by atoms with E-state index in [-0.39, 0.29) is 6.61 Å². The van der Waals surface area contributed by atoms with Crippen LogP contribution in [0.5, 0.6) is 0 Å². The molecule has 0 radical (unpaired) electrons. The molecule has 2 rings (SSSR count). The predicted octanol–water partition coefficient (Wildman–Crippen LogP) is 0.0922. The number of aryl methyl sites for hydroxylation is 1. The molecule has 0 aliphatic carbocycles. The van der Waals surface area contributed by atoms with Gasteiger partial charge in [-0.2, -0.15) is 4.57 Å². The maximum atomic E-state index is 10.4. The van der Waals surface area contributed by atoms with Gasteiger partial charge in [0.05, 0.1) is 17.0 Å². The number of thiazole rings is 1. The lowest BCUT2D eigenvalue weighted by molar-refractivity contribution is -0.689. The quantitative estimate of drug-likeness (QED) is 0.448. The smallest absolute Gasteiger partial charge is 0.225 e. The average Bonchev–Trinajstić information content (AvgIpc) is 2.73. The van der Waals surface area contributed by atoms with Crippen molar-refractivity contribution in [1.29, 1.82) is 0 Å². The Morgan fingerprint density at radius 2 is 2.18 bits per heavy atom. The zero-order valence-electron chi connectivity index (χ0n) is 12.1. The van der Waals surface area contributed by atoms with Crippen molar-refractivity contribution >= 4 is 27.6 Å². The van der Waals surface area contributed by atoms with Gasteiger partial charge in [0.15, 0.2) is 12.2 Å². The summed E-state index contributed by atoms with van der Waals surface area (Å²) in [6, 6.07) is 0. The second-order valence-electron chi connectivity index (χ2n) is 4.67. The van der Waals surface area contributed by atoms with E-state index in [4.69, 9.17) is 5.73 Å². The van der Waals surface area contributed by atoms with Gasteiger partial charge in [-0.1, -0.05) is 11.3 Å². The lowest BCUT2D eigenvalue weighted by atomic mass is 10.2. The van der Waals surface area contributed by atoms with E-state index >= 15 is 0 Å². The zero-order valence-corrected chi connectivity index (χ0v) is 13.8. The van der Waals surface area contributed by atoms with Crippen molar-refractivity contribution < 1.29 is 21.7 Å². The lowest BCUT2D eigenvalue weighted by Gasteiger charge is -2.06. The molecule has 0 aliphatic heterocycles. The molecule has 0 bridgehead atoms. The zero-order chi connectivity index (χ0) is 16.3. The number of aromatic nitrogens is 3. The molecular formula is C12H16N4O4S2. The van der Waals surface area contributed by atoms with E-state index in [1.165, 1.54) is 11.3 Å². The van der Waals surface area contributed by atoms with Crippen LogP contribution in [-0.4, -0.2) is 29.5 Å². The van der Waals surface area contributed by atoms with Crippen molar-refractivity contribution in [1.82, 2.24) is 9.97 Å². The SMILES string of the molecule is Cc1ncc(C[n+]2csc(CCOS(=O)(=O)[O-])c2C)c(N)n1. The number of anilines is 1. The minimum absolute atomic E-state index is 0.164. The van der Waals surface area contributed by atoms with Gasteiger partial charge in [0.1, 0.15) is 11.6 Å². The summed E-state index contributed by atoms with van der Waals surface area (Å²) < 4.78 is 37.4.